The van der Waals surface area contributed by atoms with Crippen molar-refractivity contribution in [1.82, 2.24) is 9.97 Å². The molecule has 20 heavy (non-hydrogen) atoms. The van der Waals surface area contributed by atoms with Gasteiger partial charge in [-0.1, -0.05) is 6.07 Å². The van der Waals surface area contributed by atoms with E-state index in [0.717, 1.165) is 7.11 Å². The van der Waals surface area contributed by atoms with Crippen LogP contribution in [0, 0.1) is 0 Å². The molecule has 2 N–H and O–H groups in total. The van der Waals surface area contributed by atoms with Gasteiger partial charge in [-0.05, 0) is 12.1 Å². The molecule has 2 rings (SSSR count). The van der Waals surface area contributed by atoms with Crippen molar-refractivity contribution >= 4 is 23.6 Å². The van der Waals surface area contributed by atoms with Gasteiger partial charge in [0.05, 0.1) is 12.7 Å². The van der Waals surface area contributed by atoms with Gasteiger partial charge in [0.2, 0.25) is 5.95 Å². The number of azo groups is 1. The number of H-pyrrole nitrogens is 1. The van der Waals surface area contributed by atoms with Crippen LogP contribution in [-0.4, -0.2) is 34.1 Å². The number of carboxylic acid groups (broad SMARTS) is 1. The van der Waals surface area contributed by atoms with Gasteiger partial charge in [0, 0.05) is 12.4 Å². The Morgan fingerprint density at radius 1 is 1.35 bits per heavy atom. The van der Waals surface area contributed by atoms with E-state index in [1.54, 1.807) is 6.20 Å². The quantitative estimate of drug-likeness (QED) is 0.655. The number of aromatic amines is 1. The molecule has 0 unspecified atom stereocenters. The third-order valence-corrected chi connectivity index (χ3v) is 2.40. The Balaban J connectivity index is 2.49. The largest absolute Gasteiger partial charge is 0.478 e. The minimum atomic E-state index is -1.25. The predicted octanol–water partition coefficient (Wildman–Crippen LogP) is 2.31. The van der Waals surface area contributed by atoms with Gasteiger partial charge in [0.15, 0.2) is 0 Å². The minimum absolute atomic E-state index is 0.0909. The van der Waals surface area contributed by atoms with Crippen LogP contribution in [0.25, 0.3) is 0 Å². The Labute approximate surface area is 113 Å². The summed E-state index contributed by atoms with van der Waals surface area (Å²) in [4.78, 5) is 29.4. The number of esters is 1. The van der Waals surface area contributed by atoms with Crippen LogP contribution >= 0.6 is 0 Å². The fourth-order valence-electron chi connectivity index (χ4n) is 1.53. The highest BCUT2D eigenvalue weighted by Crippen LogP contribution is 2.25. The topological polar surface area (TPSA) is 117 Å². The van der Waals surface area contributed by atoms with E-state index in [1.165, 1.54) is 24.4 Å². The van der Waals surface area contributed by atoms with E-state index in [4.69, 9.17) is 5.11 Å². The number of nitrogens with zero attached hydrogens (tertiary/aromatic N) is 3. The predicted molar refractivity (Wildman–Crippen MR) is 67.5 cm³/mol. The summed E-state index contributed by atoms with van der Waals surface area (Å²) in [6, 6.07) is 4.22. The molecule has 0 aliphatic carbocycles. The van der Waals surface area contributed by atoms with Crippen molar-refractivity contribution in [3.63, 3.8) is 0 Å². The summed E-state index contributed by atoms with van der Waals surface area (Å²) in [6.45, 7) is 0. The van der Waals surface area contributed by atoms with Crippen LogP contribution in [0.1, 0.15) is 20.7 Å². The lowest BCUT2D eigenvalue weighted by atomic mass is 10.1. The minimum Gasteiger partial charge on any atom is -0.478 e. The second-order valence-corrected chi connectivity index (χ2v) is 3.61. The number of methoxy groups -OCH3 is 1. The third-order valence-electron chi connectivity index (χ3n) is 2.40. The molecule has 0 fully saturated rings. The van der Waals surface area contributed by atoms with Crippen molar-refractivity contribution < 1.29 is 19.4 Å². The summed E-state index contributed by atoms with van der Waals surface area (Å²) in [6.07, 6.45) is 3.05. The van der Waals surface area contributed by atoms with E-state index >= 15 is 0 Å². The zero-order valence-electron chi connectivity index (χ0n) is 10.4. The molecule has 0 aliphatic rings. The molecule has 0 saturated heterocycles. The van der Waals surface area contributed by atoms with Crippen LogP contribution in [0.15, 0.2) is 40.8 Å². The number of hydrogen-bond donors (Lipinski definition) is 2. The number of aromatic nitrogens is 2. The first-order valence-electron chi connectivity index (χ1n) is 5.49. The number of nitrogens with one attached hydrogen (secondary N) is 1. The van der Waals surface area contributed by atoms with Crippen LogP contribution in [0.2, 0.25) is 0 Å². The number of ether oxygens (including phenoxy) is 1. The Bertz CT molecular complexity index is 664. The monoisotopic (exact) mass is 274 g/mol. The molecule has 0 spiro atoms. The maximum Gasteiger partial charge on any atom is 0.341 e. The van der Waals surface area contributed by atoms with E-state index in [9.17, 15) is 9.59 Å². The van der Waals surface area contributed by atoms with E-state index in [0.29, 0.717) is 0 Å². The van der Waals surface area contributed by atoms with E-state index in [1.807, 2.05) is 0 Å². The van der Waals surface area contributed by atoms with Crippen molar-refractivity contribution in [2.45, 2.75) is 0 Å². The second-order valence-electron chi connectivity index (χ2n) is 3.61. The van der Waals surface area contributed by atoms with Crippen molar-refractivity contribution in [2.75, 3.05) is 7.11 Å². The Kier molecular flexibility index (Phi) is 3.85. The second kappa shape index (κ2) is 5.74. The van der Waals surface area contributed by atoms with Gasteiger partial charge in [0.25, 0.3) is 0 Å². The first-order chi connectivity index (χ1) is 9.63. The molecule has 0 bridgehead atoms. The molecule has 1 aromatic heterocycles. The number of carbonyl (C=O) groups excluding carboxylic acids is 1. The summed E-state index contributed by atoms with van der Waals surface area (Å²) in [5.41, 5.74) is -0.265. The first-order valence-corrected chi connectivity index (χ1v) is 5.49. The number of rotatable bonds is 4. The molecular weight excluding hydrogens is 264 g/mol. The fourth-order valence-corrected chi connectivity index (χ4v) is 1.53. The van der Waals surface area contributed by atoms with Crippen LogP contribution in [-0.2, 0) is 4.74 Å². The molecular formula is C12H10N4O4. The van der Waals surface area contributed by atoms with Gasteiger partial charge >= 0.3 is 11.9 Å². The van der Waals surface area contributed by atoms with Gasteiger partial charge in [-0.25, -0.2) is 14.6 Å². The average molecular weight is 274 g/mol. The van der Waals surface area contributed by atoms with Gasteiger partial charge < -0.3 is 14.8 Å². The average Bonchev–Trinajstić information content (AvgIpc) is 2.97. The molecule has 0 radical (unpaired) electrons. The highest BCUT2D eigenvalue weighted by atomic mass is 16.5. The smallest absolute Gasteiger partial charge is 0.341 e. The molecule has 1 aromatic carbocycles. The highest BCUT2D eigenvalue weighted by Gasteiger charge is 2.21. The van der Waals surface area contributed by atoms with Crippen molar-refractivity contribution in [3.05, 3.63) is 41.7 Å². The van der Waals surface area contributed by atoms with Crippen LogP contribution in [0.4, 0.5) is 11.6 Å². The van der Waals surface area contributed by atoms with Crippen LogP contribution in [0.3, 0.4) is 0 Å². The number of carbonyl (C=O) groups is 2. The van der Waals surface area contributed by atoms with E-state index in [-0.39, 0.29) is 22.8 Å². The lowest BCUT2D eigenvalue weighted by Crippen LogP contribution is -2.10. The molecule has 0 aliphatic heterocycles. The molecule has 1 heterocycles. The standard InChI is InChI=1S/C12H10N4O4/c1-20-11(19)9-7(10(17)18)3-2-4-8(9)15-16-12-13-5-6-14-12/h2-6H,1H3,(H,13,14)(H,17,18). The molecule has 8 nitrogen and oxygen atoms in total. The van der Waals surface area contributed by atoms with Crippen molar-refractivity contribution in [3.8, 4) is 0 Å². The molecule has 102 valence electrons. The van der Waals surface area contributed by atoms with Gasteiger partial charge in [0.1, 0.15) is 11.3 Å². The number of imidazole rings is 1. The van der Waals surface area contributed by atoms with Gasteiger partial charge in [-0.15, -0.1) is 10.2 Å². The molecule has 0 atom stereocenters. The van der Waals surface area contributed by atoms with Crippen LogP contribution in [0.5, 0.6) is 0 Å². The summed E-state index contributed by atoms with van der Waals surface area (Å²) in [5, 5.41) is 16.7. The van der Waals surface area contributed by atoms with Crippen LogP contribution < -0.4 is 0 Å². The number of hydrogen-bond acceptors (Lipinski definition) is 6. The summed E-state index contributed by atoms with van der Waals surface area (Å²) in [7, 11) is 1.16. The molecule has 0 saturated carbocycles. The summed E-state index contributed by atoms with van der Waals surface area (Å²) >= 11 is 0. The Morgan fingerprint density at radius 3 is 2.75 bits per heavy atom. The maximum absolute atomic E-state index is 11.7. The normalized spacial score (nSPS) is 10.7. The first kappa shape index (κ1) is 13.4. The third kappa shape index (κ3) is 2.69. The SMILES string of the molecule is COC(=O)c1c(N=Nc2ncc[nH]2)cccc1C(=O)O. The maximum atomic E-state index is 11.7. The van der Waals surface area contributed by atoms with E-state index < -0.39 is 11.9 Å². The number of aromatic carboxylic acids is 1. The van der Waals surface area contributed by atoms with Crippen molar-refractivity contribution in [1.29, 1.82) is 0 Å². The lowest BCUT2D eigenvalue weighted by Gasteiger charge is -2.06. The highest BCUT2D eigenvalue weighted by molar-refractivity contribution is 6.05. The molecule has 8 heteroatoms. The van der Waals surface area contributed by atoms with Gasteiger partial charge in [-0.3, -0.25) is 0 Å². The molecule has 0 amide bonds. The lowest BCUT2D eigenvalue weighted by molar-refractivity contribution is 0.0583. The van der Waals surface area contributed by atoms with Crippen molar-refractivity contribution in [2.24, 2.45) is 10.2 Å². The Hall–Kier alpha value is -3.03. The zero-order valence-corrected chi connectivity index (χ0v) is 10.4. The summed E-state index contributed by atoms with van der Waals surface area (Å²) < 4.78 is 4.58. The number of carboxylic acids is 1. The number of benzene rings is 1. The fraction of sp³-hybridized carbons (Fsp3) is 0.0833. The molecule has 2 aromatic rings. The zero-order chi connectivity index (χ0) is 14.5. The van der Waals surface area contributed by atoms with Gasteiger partial charge in [-0.2, -0.15) is 0 Å². The summed E-state index contributed by atoms with van der Waals surface area (Å²) in [5.74, 6) is -1.81. The van der Waals surface area contributed by atoms with E-state index in [2.05, 4.69) is 24.9 Å². The Morgan fingerprint density at radius 2 is 2.15 bits per heavy atom.